The zero-order valence-electron chi connectivity index (χ0n) is 26.2. The van der Waals surface area contributed by atoms with Crippen LogP contribution in [0.1, 0.15) is 95.6 Å². The number of amides is 3. The summed E-state index contributed by atoms with van der Waals surface area (Å²) in [4.78, 5) is 51.8. The molecule has 0 aromatic carbocycles. The molecule has 2 unspecified atom stereocenters. The molecular formula is C32H49N5O5. The van der Waals surface area contributed by atoms with E-state index in [-0.39, 0.29) is 36.4 Å². The molecule has 2 aliphatic carbocycles. The third-order valence-corrected chi connectivity index (χ3v) is 8.44. The number of rotatable bonds is 8. The van der Waals surface area contributed by atoms with Crippen molar-refractivity contribution in [1.29, 1.82) is 0 Å². The third kappa shape index (κ3) is 7.54. The molecule has 1 N–H and O–H groups in total. The minimum Gasteiger partial charge on any atom is -0.444 e. The Balaban J connectivity index is 1.45. The third-order valence-electron chi connectivity index (χ3n) is 8.44. The Morgan fingerprint density at radius 2 is 1.90 bits per heavy atom. The molecular weight excluding hydrogens is 534 g/mol. The van der Waals surface area contributed by atoms with E-state index in [0.717, 1.165) is 31.4 Å². The molecule has 0 radical (unpaired) electrons. The molecule has 4 aliphatic rings. The van der Waals surface area contributed by atoms with E-state index in [9.17, 15) is 14.4 Å². The van der Waals surface area contributed by atoms with Crippen molar-refractivity contribution in [3.8, 4) is 0 Å². The molecule has 1 aromatic rings. The highest BCUT2D eigenvalue weighted by Crippen LogP contribution is 2.41. The number of anilines is 1. The fourth-order valence-electron chi connectivity index (χ4n) is 6.02. The van der Waals surface area contributed by atoms with Gasteiger partial charge in [0.15, 0.2) is 5.69 Å². The monoisotopic (exact) mass is 583 g/mol. The number of nitrogens with one attached hydrogen (secondary N) is 1. The average molecular weight is 584 g/mol. The minimum atomic E-state index is -0.674. The largest absolute Gasteiger partial charge is 0.444 e. The van der Waals surface area contributed by atoms with Crippen molar-refractivity contribution in [2.24, 2.45) is 11.8 Å². The van der Waals surface area contributed by atoms with Crippen LogP contribution in [-0.2, 0) is 14.3 Å². The van der Waals surface area contributed by atoms with Crippen molar-refractivity contribution in [2.75, 3.05) is 44.7 Å². The number of morpholine rings is 1. The zero-order chi connectivity index (χ0) is 30.2. The predicted molar refractivity (Wildman–Crippen MR) is 160 cm³/mol. The SMILES string of the molecule is CC(C)CN(C(=O)c1ncc(C2CC2)cc1NC1CC1)C1CC(C(=O)N2CCOC[C@@H]2C)CN(C(=O)OC(C)(C)C)C1. The Labute approximate surface area is 250 Å². The molecule has 0 spiro atoms. The second-order valence-electron chi connectivity index (χ2n) is 14.1. The lowest BCUT2D eigenvalue weighted by molar-refractivity contribution is -0.146. The average Bonchev–Trinajstić information content (AvgIpc) is 3.85. The molecule has 2 aliphatic heterocycles. The Morgan fingerprint density at radius 3 is 2.52 bits per heavy atom. The lowest BCUT2D eigenvalue weighted by atomic mass is 9.90. The molecule has 5 rings (SSSR count). The number of aromatic nitrogens is 1. The van der Waals surface area contributed by atoms with Gasteiger partial charge >= 0.3 is 6.09 Å². The standard InChI is InChI=1S/C32H49N5O5/c1-20(2)16-37(30(39)28-27(34-25-9-10-25)14-23(15-33-28)22-7-8-22)26-13-24(29(38)36-11-12-41-19-21(36)3)17-35(18-26)31(40)42-32(4,5)6/h14-15,20-22,24-26,34H,7-13,16-19H2,1-6H3/t21-,24?,26?/m0/s1. The fourth-order valence-corrected chi connectivity index (χ4v) is 6.02. The number of carbonyl (C=O) groups is 3. The second kappa shape index (κ2) is 12.4. The summed E-state index contributed by atoms with van der Waals surface area (Å²) in [5, 5.41) is 3.56. The van der Waals surface area contributed by atoms with E-state index in [1.165, 1.54) is 5.56 Å². The maximum Gasteiger partial charge on any atom is 0.410 e. The maximum absolute atomic E-state index is 14.4. The first-order chi connectivity index (χ1) is 19.9. The molecule has 3 amide bonds. The first kappa shape index (κ1) is 30.6. The topological polar surface area (TPSA) is 104 Å². The highest BCUT2D eigenvalue weighted by molar-refractivity contribution is 5.98. The summed E-state index contributed by atoms with van der Waals surface area (Å²) in [5.74, 6) is 0.113. The molecule has 10 nitrogen and oxygen atoms in total. The van der Waals surface area contributed by atoms with Crippen molar-refractivity contribution in [1.82, 2.24) is 19.7 Å². The number of likely N-dealkylation sites (tertiary alicyclic amines) is 1. The summed E-state index contributed by atoms with van der Waals surface area (Å²) < 4.78 is 11.3. The van der Waals surface area contributed by atoms with Crippen molar-refractivity contribution >= 4 is 23.6 Å². The number of carbonyl (C=O) groups excluding carboxylic acids is 3. The Bertz CT molecular complexity index is 1160. The number of pyridine rings is 1. The molecule has 3 heterocycles. The molecule has 1 aromatic heterocycles. The smallest absolute Gasteiger partial charge is 0.410 e. The first-order valence-electron chi connectivity index (χ1n) is 15.8. The molecule has 3 atom stereocenters. The Hall–Kier alpha value is -2.88. The van der Waals surface area contributed by atoms with E-state index >= 15 is 0 Å². The molecule has 232 valence electrons. The van der Waals surface area contributed by atoms with Crippen molar-refractivity contribution < 1.29 is 23.9 Å². The van der Waals surface area contributed by atoms with Crippen LogP contribution in [0.4, 0.5) is 10.5 Å². The van der Waals surface area contributed by atoms with E-state index in [0.29, 0.717) is 56.9 Å². The van der Waals surface area contributed by atoms with Crippen LogP contribution in [0, 0.1) is 11.8 Å². The van der Waals surface area contributed by atoms with Gasteiger partial charge in [-0.05, 0) is 83.3 Å². The van der Waals surface area contributed by atoms with Crippen LogP contribution in [0.3, 0.4) is 0 Å². The van der Waals surface area contributed by atoms with Crippen LogP contribution >= 0.6 is 0 Å². The number of hydrogen-bond acceptors (Lipinski definition) is 7. The van der Waals surface area contributed by atoms with Gasteiger partial charge in [-0.2, -0.15) is 0 Å². The summed E-state index contributed by atoms with van der Waals surface area (Å²) in [5.41, 5.74) is 1.73. The summed E-state index contributed by atoms with van der Waals surface area (Å²) in [6.45, 7) is 14.3. The fraction of sp³-hybridized carbons (Fsp3) is 0.750. The van der Waals surface area contributed by atoms with E-state index in [2.05, 4.69) is 25.2 Å². The summed E-state index contributed by atoms with van der Waals surface area (Å²) in [6, 6.07) is 2.09. The molecule has 0 bridgehead atoms. The van der Waals surface area contributed by atoms with Gasteiger partial charge in [0, 0.05) is 38.4 Å². The van der Waals surface area contributed by atoms with Gasteiger partial charge in [-0.25, -0.2) is 9.78 Å². The van der Waals surface area contributed by atoms with Gasteiger partial charge in [-0.1, -0.05) is 13.8 Å². The lowest BCUT2D eigenvalue weighted by Crippen LogP contribution is -2.59. The maximum atomic E-state index is 14.4. The van der Waals surface area contributed by atoms with Crippen LogP contribution in [0.15, 0.2) is 12.3 Å². The van der Waals surface area contributed by atoms with Gasteiger partial charge in [-0.3, -0.25) is 9.59 Å². The summed E-state index contributed by atoms with van der Waals surface area (Å²) in [6.07, 6.45) is 6.39. The van der Waals surface area contributed by atoms with Crippen LogP contribution in [-0.4, -0.2) is 101 Å². The normalized spacial score (nSPS) is 24.9. The van der Waals surface area contributed by atoms with Crippen LogP contribution < -0.4 is 5.32 Å². The van der Waals surface area contributed by atoms with Crippen LogP contribution in [0.2, 0.25) is 0 Å². The number of nitrogens with zero attached hydrogens (tertiary/aromatic N) is 4. The molecule has 2 saturated heterocycles. The van der Waals surface area contributed by atoms with E-state index in [1.807, 2.05) is 43.7 Å². The molecule has 2 saturated carbocycles. The minimum absolute atomic E-state index is 0.00371. The second-order valence-corrected chi connectivity index (χ2v) is 14.1. The van der Waals surface area contributed by atoms with Gasteiger partial charge in [0.2, 0.25) is 5.91 Å². The number of piperidine rings is 1. The van der Waals surface area contributed by atoms with Gasteiger partial charge in [0.05, 0.1) is 36.9 Å². The van der Waals surface area contributed by atoms with Crippen LogP contribution in [0.25, 0.3) is 0 Å². The molecule has 4 fully saturated rings. The van der Waals surface area contributed by atoms with E-state index in [4.69, 9.17) is 14.5 Å². The van der Waals surface area contributed by atoms with Crippen molar-refractivity contribution in [3.05, 3.63) is 23.5 Å². The zero-order valence-corrected chi connectivity index (χ0v) is 26.2. The highest BCUT2D eigenvalue weighted by Gasteiger charge is 2.42. The molecule has 42 heavy (non-hydrogen) atoms. The first-order valence-corrected chi connectivity index (χ1v) is 15.8. The summed E-state index contributed by atoms with van der Waals surface area (Å²) in [7, 11) is 0. The Kier molecular flexibility index (Phi) is 9.02. The molecule has 10 heteroatoms. The van der Waals surface area contributed by atoms with Gasteiger partial charge in [-0.15, -0.1) is 0 Å². The van der Waals surface area contributed by atoms with Crippen molar-refractivity contribution in [2.45, 2.75) is 103 Å². The predicted octanol–water partition coefficient (Wildman–Crippen LogP) is 4.50. The Morgan fingerprint density at radius 1 is 1.17 bits per heavy atom. The number of hydrogen-bond donors (Lipinski definition) is 1. The van der Waals surface area contributed by atoms with Gasteiger partial charge in [0.1, 0.15) is 5.60 Å². The quantitative estimate of drug-likeness (QED) is 0.480. The van der Waals surface area contributed by atoms with Gasteiger partial charge < -0.3 is 29.5 Å². The van der Waals surface area contributed by atoms with Crippen LogP contribution in [0.5, 0.6) is 0 Å². The lowest BCUT2D eigenvalue weighted by Gasteiger charge is -2.45. The van der Waals surface area contributed by atoms with E-state index < -0.39 is 17.6 Å². The summed E-state index contributed by atoms with van der Waals surface area (Å²) >= 11 is 0. The van der Waals surface area contributed by atoms with Gasteiger partial charge in [0.25, 0.3) is 5.91 Å². The van der Waals surface area contributed by atoms with E-state index in [1.54, 1.807) is 4.90 Å². The highest BCUT2D eigenvalue weighted by atomic mass is 16.6. The number of ether oxygens (including phenoxy) is 2. The van der Waals surface area contributed by atoms with Crippen molar-refractivity contribution in [3.63, 3.8) is 0 Å².